The van der Waals surface area contributed by atoms with Crippen LogP contribution in [0.2, 0.25) is 0 Å². The molecule has 8 aromatic rings. The van der Waals surface area contributed by atoms with Crippen molar-refractivity contribution in [3.8, 4) is 34.6 Å². The first kappa shape index (κ1) is 23.8. The van der Waals surface area contributed by atoms with Gasteiger partial charge in [-0.05, 0) is 65.7 Å². The van der Waals surface area contributed by atoms with Gasteiger partial charge in [0.2, 0.25) is 0 Å². The molecule has 0 N–H and O–H groups in total. The maximum atomic E-state index is 10.3. The molecule has 0 bridgehead atoms. The van der Waals surface area contributed by atoms with Gasteiger partial charge in [0.25, 0.3) is 0 Å². The van der Waals surface area contributed by atoms with E-state index < -0.39 is 0 Å². The molecule has 0 amide bonds. The molecule has 2 heterocycles. The monoisotopic (exact) mass is 534 g/mol. The van der Waals surface area contributed by atoms with E-state index in [-0.39, 0.29) is 0 Å². The molecule has 8 rings (SSSR count). The van der Waals surface area contributed by atoms with Crippen LogP contribution >= 0.6 is 0 Å². The lowest BCUT2D eigenvalue weighted by molar-refractivity contribution is 1.16. The van der Waals surface area contributed by atoms with Gasteiger partial charge in [-0.2, -0.15) is 10.5 Å². The molecule has 0 aliphatic carbocycles. The number of para-hydroxylation sites is 3. The van der Waals surface area contributed by atoms with Crippen LogP contribution in [0, 0.1) is 22.7 Å². The van der Waals surface area contributed by atoms with E-state index >= 15 is 0 Å². The number of nitrogens with zero attached hydrogens (tertiary/aromatic N) is 4. The minimum Gasteiger partial charge on any atom is -0.309 e. The summed E-state index contributed by atoms with van der Waals surface area (Å²) < 4.78 is 4.58. The van der Waals surface area contributed by atoms with E-state index in [9.17, 15) is 10.5 Å². The smallest absolute Gasteiger partial charge is 0.101 e. The van der Waals surface area contributed by atoms with Gasteiger partial charge in [-0.1, -0.05) is 78.9 Å². The first-order chi connectivity index (χ1) is 20.8. The van der Waals surface area contributed by atoms with Crippen molar-refractivity contribution in [1.29, 1.82) is 10.5 Å². The number of fused-ring (bicyclic) bond motifs is 7. The maximum absolute atomic E-state index is 10.3. The average Bonchev–Trinajstić information content (AvgIpc) is 3.58. The number of aromatic nitrogens is 2. The van der Waals surface area contributed by atoms with Crippen molar-refractivity contribution in [3.05, 3.63) is 145 Å². The molecule has 42 heavy (non-hydrogen) atoms. The first-order valence-corrected chi connectivity index (χ1v) is 13.8. The van der Waals surface area contributed by atoms with Gasteiger partial charge in [0.15, 0.2) is 0 Å². The van der Waals surface area contributed by atoms with Gasteiger partial charge in [-0.3, -0.25) is 0 Å². The van der Waals surface area contributed by atoms with Gasteiger partial charge in [0.1, 0.15) is 6.07 Å². The predicted octanol–water partition coefficient (Wildman–Crippen LogP) is 9.29. The van der Waals surface area contributed by atoms with Crippen LogP contribution in [0.25, 0.3) is 66.1 Å². The molecule has 0 saturated heterocycles. The summed E-state index contributed by atoms with van der Waals surface area (Å²) in [7, 11) is 0. The highest BCUT2D eigenvalue weighted by atomic mass is 15.0. The minimum absolute atomic E-state index is 0.585. The second-order valence-electron chi connectivity index (χ2n) is 10.4. The lowest BCUT2D eigenvalue weighted by atomic mass is 10.0. The summed E-state index contributed by atoms with van der Waals surface area (Å²) >= 11 is 0. The number of rotatable bonds is 3. The fraction of sp³-hybridized carbons (Fsp3) is 0. The second-order valence-corrected chi connectivity index (χ2v) is 10.4. The van der Waals surface area contributed by atoms with Crippen molar-refractivity contribution in [2.45, 2.75) is 0 Å². The minimum atomic E-state index is 0.585. The van der Waals surface area contributed by atoms with Gasteiger partial charge < -0.3 is 9.13 Å². The molecular formula is C38H22N4. The Morgan fingerprint density at radius 1 is 0.476 bits per heavy atom. The number of benzene rings is 6. The van der Waals surface area contributed by atoms with Crippen LogP contribution in [0.1, 0.15) is 11.1 Å². The fourth-order valence-electron chi connectivity index (χ4n) is 6.37. The van der Waals surface area contributed by atoms with Crippen molar-refractivity contribution in [3.63, 3.8) is 0 Å². The molecule has 0 spiro atoms. The molecule has 0 fully saturated rings. The lowest BCUT2D eigenvalue weighted by Gasteiger charge is -2.13. The molecule has 6 aromatic carbocycles. The summed E-state index contributed by atoms with van der Waals surface area (Å²) in [5.41, 5.74) is 9.35. The van der Waals surface area contributed by atoms with Crippen LogP contribution in [0.5, 0.6) is 0 Å². The molecule has 194 valence electrons. The molecular weight excluding hydrogens is 512 g/mol. The Bertz CT molecular complexity index is 2430. The zero-order valence-electron chi connectivity index (χ0n) is 22.5. The summed E-state index contributed by atoms with van der Waals surface area (Å²) in [5, 5.41) is 24.4. The van der Waals surface area contributed by atoms with Crippen molar-refractivity contribution in [2.75, 3.05) is 0 Å². The van der Waals surface area contributed by atoms with E-state index in [0.717, 1.165) is 55.3 Å². The van der Waals surface area contributed by atoms with Gasteiger partial charge in [-0.25, -0.2) is 0 Å². The quantitative estimate of drug-likeness (QED) is 0.227. The molecule has 2 aromatic heterocycles. The number of hydrogen-bond donors (Lipinski definition) is 0. The topological polar surface area (TPSA) is 57.4 Å². The third-order valence-corrected chi connectivity index (χ3v) is 8.17. The Labute approximate surface area is 242 Å². The molecule has 0 aliphatic rings. The van der Waals surface area contributed by atoms with E-state index in [1.165, 1.54) is 10.8 Å². The Morgan fingerprint density at radius 3 is 1.98 bits per heavy atom. The van der Waals surface area contributed by atoms with Crippen LogP contribution in [0.4, 0.5) is 0 Å². The summed E-state index contributed by atoms with van der Waals surface area (Å²) in [5.74, 6) is 0. The van der Waals surface area contributed by atoms with E-state index in [4.69, 9.17) is 0 Å². The fourth-order valence-corrected chi connectivity index (χ4v) is 6.37. The number of nitriles is 2. The number of hydrogen-bond acceptors (Lipinski definition) is 2. The standard InChI is InChI=1S/C38H22N4/c39-23-25-9-8-10-26(21-25)27-17-18-28(24-40)36(22-27)42-34-16-7-5-14-32(34)37-35(42)20-19-31-30-13-4-6-15-33(30)41(38(31)37)29-11-2-1-3-12-29/h1-22H. The van der Waals surface area contributed by atoms with Crippen LogP contribution in [0.3, 0.4) is 0 Å². The normalized spacial score (nSPS) is 11.3. The Morgan fingerprint density at radius 2 is 1.19 bits per heavy atom. The van der Waals surface area contributed by atoms with Crippen LogP contribution in [-0.2, 0) is 0 Å². The summed E-state index contributed by atoms with van der Waals surface area (Å²) in [6.07, 6.45) is 0. The third-order valence-electron chi connectivity index (χ3n) is 8.17. The molecule has 0 aliphatic heterocycles. The van der Waals surface area contributed by atoms with Crippen LogP contribution in [-0.4, -0.2) is 9.13 Å². The van der Waals surface area contributed by atoms with Crippen LogP contribution < -0.4 is 0 Å². The highest BCUT2D eigenvalue weighted by molar-refractivity contribution is 6.26. The van der Waals surface area contributed by atoms with Gasteiger partial charge in [-0.15, -0.1) is 0 Å². The Kier molecular flexibility index (Phi) is 5.22. The highest BCUT2D eigenvalue weighted by Crippen LogP contribution is 2.42. The van der Waals surface area contributed by atoms with E-state index in [0.29, 0.717) is 11.1 Å². The van der Waals surface area contributed by atoms with Gasteiger partial charge in [0.05, 0.1) is 45.0 Å². The zero-order valence-corrected chi connectivity index (χ0v) is 22.5. The summed E-state index contributed by atoms with van der Waals surface area (Å²) in [6.45, 7) is 0. The van der Waals surface area contributed by atoms with Crippen molar-refractivity contribution in [1.82, 2.24) is 9.13 Å². The summed E-state index contributed by atoms with van der Waals surface area (Å²) in [4.78, 5) is 0. The Hall–Kier alpha value is -6.10. The van der Waals surface area contributed by atoms with Crippen LogP contribution in [0.15, 0.2) is 133 Å². The van der Waals surface area contributed by atoms with E-state index in [1.807, 2.05) is 42.5 Å². The molecule has 4 heteroatoms. The zero-order chi connectivity index (χ0) is 28.2. The SMILES string of the molecule is N#Cc1cccc(-c2ccc(C#N)c(-n3c4ccccc4c4c3ccc3c5ccccc5n(-c5ccccc5)c34)c2)c1. The van der Waals surface area contributed by atoms with E-state index in [2.05, 4.69) is 106 Å². The molecule has 0 saturated carbocycles. The van der Waals surface area contributed by atoms with Gasteiger partial charge in [0, 0.05) is 27.2 Å². The van der Waals surface area contributed by atoms with Crippen molar-refractivity contribution < 1.29 is 0 Å². The lowest BCUT2D eigenvalue weighted by Crippen LogP contribution is -1.98. The van der Waals surface area contributed by atoms with E-state index in [1.54, 1.807) is 6.07 Å². The van der Waals surface area contributed by atoms with Gasteiger partial charge >= 0.3 is 0 Å². The molecule has 0 atom stereocenters. The predicted molar refractivity (Wildman–Crippen MR) is 170 cm³/mol. The second kappa shape index (κ2) is 9.24. The first-order valence-electron chi connectivity index (χ1n) is 13.8. The largest absolute Gasteiger partial charge is 0.309 e. The average molecular weight is 535 g/mol. The summed E-state index contributed by atoms with van der Waals surface area (Å²) in [6, 6.07) is 50.0. The highest BCUT2D eigenvalue weighted by Gasteiger charge is 2.21. The molecule has 0 unspecified atom stereocenters. The Balaban J connectivity index is 1.53. The van der Waals surface area contributed by atoms with Crippen molar-refractivity contribution in [2.24, 2.45) is 0 Å². The molecule has 4 nitrogen and oxygen atoms in total. The third kappa shape index (κ3) is 3.40. The molecule has 0 radical (unpaired) electrons. The maximum Gasteiger partial charge on any atom is 0.101 e. The van der Waals surface area contributed by atoms with Crippen molar-refractivity contribution >= 4 is 43.6 Å².